The highest BCUT2D eigenvalue weighted by Crippen LogP contribution is 2.57. The van der Waals surface area contributed by atoms with Crippen LogP contribution in [0.15, 0.2) is 0 Å². The molecule has 2 aliphatic heterocycles. The van der Waals surface area contributed by atoms with Crippen LogP contribution in [0.1, 0.15) is 25.7 Å². The Morgan fingerprint density at radius 3 is 1.36 bits per heavy atom. The van der Waals surface area contributed by atoms with Crippen LogP contribution in [0.25, 0.3) is 0 Å². The van der Waals surface area contributed by atoms with Crippen LogP contribution in [0.3, 0.4) is 0 Å². The molecule has 8 nitrogen and oxygen atoms in total. The molecule has 0 aromatic heterocycles. The van der Waals surface area contributed by atoms with E-state index < -0.39 is 37.0 Å². The summed E-state index contributed by atoms with van der Waals surface area (Å²) in [5, 5.41) is -0.587. The van der Waals surface area contributed by atoms with Gasteiger partial charge in [-0.3, -0.25) is 18.7 Å². The van der Waals surface area contributed by atoms with Gasteiger partial charge in [0.15, 0.2) is 10.2 Å². The number of carbonyl (C=O) groups excluding carboxylic acids is 2. The van der Waals surface area contributed by atoms with Crippen molar-refractivity contribution in [3.63, 3.8) is 0 Å². The molecule has 12 heteroatoms. The second-order valence-electron chi connectivity index (χ2n) is 5.40. The van der Waals surface area contributed by atoms with Gasteiger partial charge in [-0.15, -0.1) is 0 Å². The number of hydrogen-bond donors (Lipinski definition) is 4. The van der Waals surface area contributed by atoms with Crippen molar-refractivity contribution in [3.8, 4) is 0 Å². The number of thioether (sulfide) groups is 2. The number of rotatable bonds is 5. The van der Waals surface area contributed by atoms with Crippen LogP contribution >= 0.6 is 38.7 Å². The Morgan fingerprint density at radius 1 is 0.818 bits per heavy atom. The van der Waals surface area contributed by atoms with Crippen LogP contribution in [-0.2, 0) is 18.7 Å². The molecule has 2 rings (SSSR count). The van der Waals surface area contributed by atoms with E-state index in [0.717, 1.165) is 0 Å². The maximum absolute atomic E-state index is 11.7. The SMILES string of the molecule is O=C1SC(P(=O)(O)O)CC1CCC1CC(P(=O)(O)O)SC1=O. The molecule has 2 fully saturated rings. The van der Waals surface area contributed by atoms with Gasteiger partial charge in [-0.25, -0.2) is 0 Å². The molecular formula is C10H16O8P2S2. The topological polar surface area (TPSA) is 149 Å². The zero-order chi connectivity index (χ0) is 16.7. The van der Waals surface area contributed by atoms with E-state index in [0.29, 0.717) is 36.4 Å². The Balaban J connectivity index is 1.89. The van der Waals surface area contributed by atoms with Crippen LogP contribution in [0, 0.1) is 11.8 Å². The van der Waals surface area contributed by atoms with Gasteiger partial charge in [0.25, 0.3) is 0 Å². The van der Waals surface area contributed by atoms with E-state index in [4.69, 9.17) is 19.6 Å². The van der Waals surface area contributed by atoms with Gasteiger partial charge in [0, 0.05) is 11.8 Å². The Kier molecular flexibility index (Phi) is 5.68. The minimum Gasteiger partial charge on any atom is -0.324 e. The normalized spacial score (nSPS) is 33.6. The van der Waals surface area contributed by atoms with Gasteiger partial charge >= 0.3 is 15.2 Å². The van der Waals surface area contributed by atoms with Crippen molar-refractivity contribution in [2.45, 2.75) is 35.7 Å². The van der Waals surface area contributed by atoms with E-state index in [-0.39, 0.29) is 23.1 Å². The molecule has 2 aliphatic rings. The summed E-state index contributed by atoms with van der Waals surface area (Å²) in [7, 11) is -8.63. The molecule has 0 amide bonds. The molecule has 22 heavy (non-hydrogen) atoms. The molecular weight excluding hydrogens is 374 g/mol. The van der Waals surface area contributed by atoms with E-state index in [9.17, 15) is 18.7 Å². The second kappa shape index (κ2) is 6.69. The number of carbonyl (C=O) groups is 2. The predicted molar refractivity (Wildman–Crippen MR) is 82.3 cm³/mol. The summed E-state index contributed by atoms with van der Waals surface area (Å²) in [6, 6.07) is 0. The van der Waals surface area contributed by atoms with Crippen molar-refractivity contribution in [3.05, 3.63) is 0 Å². The van der Waals surface area contributed by atoms with Gasteiger partial charge in [0.2, 0.25) is 0 Å². The zero-order valence-corrected chi connectivity index (χ0v) is 14.7. The van der Waals surface area contributed by atoms with Crippen LogP contribution in [0.4, 0.5) is 0 Å². The quantitative estimate of drug-likeness (QED) is 0.506. The molecule has 0 saturated carbocycles. The van der Waals surface area contributed by atoms with Crippen molar-refractivity contribution in [2.24, 2.45) is 11.8 Å². The lowest BCUT2D eigenvalue weighted by atomic mass is 9.94. The van der Waals surface area contributed by atoms with Crippen molar-refractivity contribution in [1.82, 2.24) is 0 Å². The first-order valence-electron chi connectivity index (χ1n) is 6.50. The molecule has 0 aromatic rings. The number of hydrogen-bond acceptors (Lipinski definition) is 6. The first kappa shape index (κ1) is 18.7. The van der Waals surface area contributed by atoms with Crippen molar-refractivity contribution in [2.75, 3.05) is 0 Å². The van der Waals surface area contributed by atoms with Gasteiger partial charge in [0.1, 0.15) is 9.98 Å². The lowest BCUT2D eigenvalue weighted by Gasteiger charge is -2.13. The predicted octanol–water partition coefficient (Wildman–Crippen LogP) is 1.33. The molecule has 2 heterocycles. The van der Waals surface area contributed by atoms with Gasteiger partial charge in [-0.05, 0) is 25.7 Å². The van der Waals surface area contributed by atoms with Crippen LogP contribution in [-0.4, -0.2) is 39.8 Å². The fraction of sp³-hybridized carbons (Fsp3) is 0.800. The van der Waals surface area contributed by atoms with E-state index in [1.807, 2.05) is 0 Å². The van der Waals surface area contributed by atoms with E-state index in [2.05, 4.69) is 0 Å². The third-order valence-corrected chi connectivity index (χ3v) is 10.0. The smallest absolute Gasteiger partial charge is 0.324 e. The molecule has 0 bridgehead atoms. The summed E-state index contributed by atoms with van der Waals surface area (Å²) in [4.78, 5) is 57.8. The second-order valence-corrected chi connectivity index (χ2v) is 12.1. The average molecular weight is 390 g/mol. The highest BCUT2D eigenvalue weighted by Gasteiger charge is 2.45. The standard InChI is InChI=1S/C10H16O8P2S2/c11-9-5(3-7(21-9)19(13,14)15)1-2-6-4-8(20(16,17)18)22-10(6)12/h5-8H,1-4H2,(H2,13,14,15)(H2,16,17,18). The molecule has 4 atom stereocenters. The Bertz CT molecular complexity index is 519. The third kappa shape index (κ3) is 4.45. The monoisotopic (exact) mass is 390 g/mol. The fourth-order valence-corrected chi connectivity index (χ4v) is 7.31. The summed E-state index contributed by atoms with van der Waals surface area (Å²) in [6.07, 6.45) is 0.744. The highest BCUT2D eigenvalue weighted by atomic mass is 32.2. The first-order chi connectivity index (χ1) is 9.98. The maximum Gasteiger partial charge on any atom is 0.338 e. The van der Waals surface area contributed by atoms with Gasteiger partial charge in [0.05, 0.1) is 0 Å². The summed E-state index contributed by atoms with van der Waals surface area (Å²) in [5.74, 6) is -1.04. The lowest BCUT2D eigenvalue weighted by Crippen LogP contribution is -2.11. The molecule has 0 spiro atoms. The van der Waals surface area contributed by atoms with Crippen LogP contribution < -0.4 is 0 Å². The van der Waals surface area contributed by atoms with Gasteiger partial charge in [-0.1, -0.05) is 23.5 Å². The average Bonchev–Trinajstić information content (AvgIpc) is 2.89. The third-order valence-electron chi connectivity index (χ3n) is 3.76. The minimum absolute atomic E-state index is 0.0732. The van der Waals surface area contributed by atoms with Crippen molar-refractivity contribution in [1.29, 1.82) is 0 Å². The summed E-state index contributed by atoms with van der Waals surface area (Å²) in [6.45, 7) is 0. The summed E-state index contributed by atoms with van der Waals surface area (Å²) >= 11 is 1.30. The maximum atomic E-state index is 11.7. The Morgan fingerprint density at radius 2 is 1.14 bits per heavy atom. The summed E-state index contributed by atoms with van der Waals surface area (Å²) < 4.78 is 22.3. The van der Waals surface area contributed by atoms with Crippen LogP contribution in [0.2, 0.25) is 0 Å². The Hall–Kier alpha value is 0.340. The minimum atomic E-state index is -4.31. The molecule has 126 valence electrons. The largest absolute Gasteiger partial charge is 0.338 e. The van der Waals surface area contributed by atoms with Gasteiger partial charge < -0.3 is 19.6 Å². The molecule has 4 unspecified atom stereocenters. The molecule has 0 radical (unpaired) electrons. The van der Waals surface area contributed by atoms with Crippen molar-refractivity contribution >= 4 is 48.9 Å². The van der Waals surface area contributed by atoms with Gasteiger partial charge in [-0.2, -0.15) is 0 Å². The van der Waals surface area contributed by atoms with E-state index in [1.54, 1.807) is 0 Å². The van der Waals surface area contributed by atoms with E-state index >= 15 is 0 Å². The van der Waals surface area contributed by atoms with Crippen LogP contribution in [0.5, 0.6) is 0 Å². The van der Waals surface area contributed by atoms with Crippen molar-refractivity contribution < 1.29 is 38.3 Å². The molecule has 4 N–H and O–H groups in total. The molecule has 0 aromatic carbocycles. The molecule has 2 saturated heterocycles. The highest BCUT2D eigenvalue weighted by molar-refractivity contribution is 8.18. The van der Waals surface area contributed by atoms with E-state index in [1.165, 1.54) is 0 Å². The zero-order valence-electron chi connectivity index (χ0n) is 11.3. The lowest BCUT2D eigenvalue weighted by molar-refractivity contribution is -0.116. The summed E-state index contributed by atoms with van der Waals surface area (Å²) in [5.41, 5.74) is 0. The first-order valence-corrected chi connectivity index (χ1v) is 11.6. The molecule has 0 aliphatic carbocycles. The Labute approximate surface area is 135 Å². The fourth-order valence-electron chi connectivity index (χ4n) is 2.52.